The zero-order chi connectivity index (χ0) is 26.5. The first kappa shape index (κ1) is 26.9. The smallest absolute Gasteiger partial charge is 0.341 e. The molecule has 0 aliphatic rings. The highest BCUT2D eigenvalue weighted by Gasteiger charge is 2.23. The predicted molar refractivity (Wildman–Crippen MR) is 134 cm³/mol. The van der Waals surface area contributed by atoms with Gasteiger partial charge in [-0.2, -0.15) is 8.42 Å². The molecule has 0 bridgehead atoms. The van der Waals surface area contributed by atoms with E-state index in [4.69, 9.17) is 4.74 Å². The number of carbonyl (C=O) groups is 1. The molecular formula is C23H23FN4O6S2. The largest absolute Gasteiger partial charge is 0.462 e. The molecule has 2 aromatic carbocycles. The van der Waals surface area contributed by atoms with Gasteiger partial charge in [-0.05, 0) is 73.6 Å². The van der Waals surface area contributed by atoms with Crippen LogP contribution in [0.3, 0.4) is 0 Å². The Morgan fingerprint density at radius 3 is 2.39 bits per heavy atom. The van der Waals surface area contributed by atoms with Gasteiger partial charge in [0.15, 0.2) is 5.00 Å². The van der Waals surface area contributed by atoms with Crippen molar-refractivity contribution in [2.24, 2.45) is 10.2 Å². The first-order valence-corrected chi connectivity index (χ1v) is 13.0. The normalized spacial score (nSPS) is 11.6. The molecule has 0 radical (unpaired) electrons. The zero-order valence-electron chi connectivity index (χ0n) is 19.7. The highest BCUT2D eigenvalue weighted by Crippen LogP contribution is 2.38. The van der Waals surface area contributed by atoms with E-state index in [0.717, 1.165) is 34.2 Å². The van der Waals surface area contributed by atoms with Crippen LogP contribution >= 0.6 is 11.3 Å². The number of thiophene rings is 1. The van der Waals surface area contributed by atoms with Crippen LogP contribution in [0.4, 0.5) is 25.3 Å². The standard InChI is InChI=1S/C23H23FN4O6S2/c1-4-27(14-16-6-9-18(10-7-16)36(24,32)33)17-8-11-20(15(3)12-17)25-26-22-19(23(29)34-5-2)13-21(35-22)28(30)31/h6-13H,4-5,14H2,1-3H3. The number of hydrogen-bond acceptors (Lipinski definition) is 10. The van der Waals surface area contributed by atoms with E-state index in [1.54, 1.807) is 25.1 Å². The van der Waals surface area contributed by atoms with Crippen LogP contribution in [0.1, 0.15) is 35.3 Å². The van der Waals surface area contributed by atoms with Crippen molar-refractivity contribution in [2.75, 3.05) is 18.1 Å². The van der Waals surface area contributed by atoms with Crippen molar-refractivity contribution in [1.29, 1.82) is 0 Å². The molecule has 0 aliphatic carbocycles. The number of hydrogen-bond donors (Lipinski definition) is 0. The molecule has 0 spiro atoms. The van der Waals surface area contributed by atoms with Crippen molar-refractivity contribution >= 4 is 48.9 Å². The molecule has 0 saturated carbocycles. The fourth-order valence-corrected chi connectivity index (χ4v) is 4.54. The summed E-state index contributed by atoms with van der Waals surface area (Å²) in [7, 11) is -4.75. The van der Waals surface area contributed by atoms with E-state index in [1.165, 1.54) is 12.1 Å². The van der Waals surface area contributed by atoms with E-state index >= 15 is 0 Å². The van der Waals surface area contributed by atoms with Crippen LogP contribution in [-0.4, -0.2) is 32.5 Å². The van der Waals surface area contributed by atoms with Crippen LogP contribution in [-0.2, 0) is 21.5 Å². The highest BCUT2D eigenvalue weighted by molar-refractivity contribution is 7.86. The molecule has 0 N–H and O–H groups in total. The lowest BCUT2D eigenvalue weighted by Gasteiger charge is -2.24. The maximum Gasteiger partial charge on any atom is 0.341 e. The first-order chi connectivity index (χ1) is 17.0. The Bertz CT molecular complexity index is 1400. The fourth-order valence-electron chi connectivity index (χ4n) is 3.30. The molecule has 0 unspecified atom stereocenters. The van der Waals surface area contributed by atoms with E-state index in [0.29, 0.717) is 18.8 Å². The molecule has 190 valence electrons. The highest BCUT2D eigenvalue weighted by atomic mass is 32.3. The minimum Gasteiger partial charge on any atom is -0.462 e. The number of nitro groups is 1. The molecule has 0 atom stereocenters. The van der Waals surface area contributed by atoms with Gasteiger partial charge >= 0.3 is 21.2 Å². The molecule has 0 fully saturated rings. The van der Waals surface area contributed by atoms with Gasteiger partial charge in [0.1, 0.15) is 5.56 Å². The molecule has 10 nitrogen and oxygen atoms in total. The SMILES string of the molecule is CCOC(=O)c1cc([N+](=O)[O-])sc1N=Nc1ccc(N(CC)Cc2ccc(S(=O)(=O)F)cc2)cc1C. The van der Waals surface area contributed by atoms with E-state index in [1.807, 2.05) is 30.9 Å². The molecule has 3 aromatic rings. The van der Waals surface area contributed by atoms with Crippen molar-refractivity contribution in [3.63, 3.8) is 0 Å². The number of halogens is 1. The number of rotatable bonds is 10. The molecule has 1 heterocycles. The van der Waals surface area contributed by atoms with Crippen LogP contribution in [0.5, 0.6) is 0 Å². The number of azo groups is 1. The maximum atomic E-state index is 13.1. The van der Waals surface area contributed by atoms with Crippen molar-refractivity contribution in [2.45, 2.75) is 32.2 Å². The number of nitrogens with zero attached hydrogens (tertiary/aromatic N) is 4. The van der Waals surface area contributed by atoms with Crippen LogP contribution in [0.15, 0.2) is 63.7 Å². The maximum absolute atomic E-state index is 13.1. The second kappa shape index (κ2) is 11.4. The lowest BCUT2D eigenvalue weighted by Crippen LogP contribution is -2.22. The average Bonchev–Trinajstić information content (AvgIpc) is 3.26. The van der Waals surface area contributed by atoms with Gasteiger partial charge in [0.25, 0.3) is 0 Å². The number of ether oxygens (including phenoxy) is 1. The second-order valence-corrected chi connectivity index (χ2v) is 9.90. The van der Waals surface area contributed by atoms with Crippen LogP contribution in [0.25, 0.3) is 0 Å². The van der Waals surface area contributed by atoms with E-state index in [2.05, 4.69) is 10.2 Å². The summed E-state index contributed by atoms with van der Waals surface area (Å²) in [6, 6.07) is 12.2. The summed E-state index contributed by atoms with van der Waals surface area (Å²) in [5.41, 5.74) is 2.94. The van der Waals surface area contributed by atoms with E-state index in [-0.39, 0.29) is 27.1 Å². The summed E-state index contributed by atoms with van der Waals surface area (Å²) in [5, 5.41) is 19.2. The summed E-state index contributed by atoms with van der Waals surface area (Å²) >= 11 is 0.733. The van der Waals surface area contributed by atoms with Gasteiger partial charge in [-0.3, -0.25) is 10.1 Å². The molecule has 3 rings (SSSR count). The third kappa shape index (κ3) is 6.49. The van der Waals surface area contributed by atoms with Gasteiger partial charge in [-0.15, -0.1) is 14.1 Å². The predicted octanol–water partition coefficient (Wildman–Crippen LogP) is 6.24. The van der Waals surface area contributed by atoms with Crippen LogP contribution in [0.2, 0.25) is 0 Å². The number of esters is 1. The molecule has 1 aromatic heterocycles. The van der Waals surface area contributed by atoms with Gasteiger partial charge in [-0.1, -0.05) is 12.1 Å². The lowest BCUT2D eigenvalue weighted by atomic mass is 10.1. The molecule has 0 saturated heterocycles. The van der Waals surface area contributed by atoms with Crippen molar-refractivity contribution in [3.05, 3.63) is 75.3 Å². The molecule has 36 heavy (non-hydrogen) atoms. The minimum atomic E-state index is -4.75. The lowest BCUT2D eigenvalue weighted by molar-refractivity contribution is -0.380. The Morgan fingerprint density at radius 1 is 1.14 bits per heavy atom. The number of benzene rings is 2. The summed E-state index contributed by atoms with van der Waals surface area (Å²) in [5.74, 6) is -0.710. The summed E-state index contributed by atoms with van der Waals surface area (Å²) in [6.45, 7) is 6.65. The van der Waals surface area contributed by atoms with Gasteiger partial charge in [0, 0.05) is 24.8 Å². The van der Waals surface area contributed by atoms with Gasteiger partial charge in [0.05, 0.1) is 22.1 Å². The minimum absolute atomic E-state index is 0.0182. The number of anilines is 1. The van der Waals surface area contributed by atoms with Gasteiger partial charge in [-0.25, -0.2) is 4.79 Å². The van der Waals surface area contributed by atoms with Gasteiger partial charge in [0.2, 0.25) is 0 Å². The quantitative estimate of drug-likeness (QED) is 0.0988. The Labute approximate surface area is 211 Å². The first-order valence-electron chi connectivity index (χ1n) is 10.8. The summed E-state index contributed by atoms with van der Waals surface area (Å²) in [6.07, 6.45) is 0. The number of carbonyl (C=O) groups excluding carboxylic acids is 1. The topological polar surface area (TPSA) is 132 Å². The Kier molecular flexibility index (Phi) is 8.48. The van der Waals surface area contributed by atoms with E-state index in [9.17, 15) is 27.2 Å². The fraction of sp³-hybridized carbons (Fsp3) is 0.261. The zero-order valence-corrected chi connectivity index (χ0v) is 21.3. The van der Waals surface area contributed by atoms with E-state index < -0.39 is 21.1 Å². The van der Waals surface area contributed by atoms with Crippen LogP contribution in [0, 0.1) is 17.0 Å². The summed E-state index contributed by atoms with van der Waals surface area (Å²) in [4.78, 5) is 24.3. The van der Waals surface area contributed by atoms with Crippen molar-refractivity contribution < 1.29 is 26.8 Å². The third-order valence-electron chi connectivity index (χ3n) is 5.13. The Balaban J connectivity index is 1.82. The Morgan fingerprint density at radius 2 is 1.83 bits per heavy atom. The third-order valence-corrected chi connectivity index (χ3v) is 6.94. The molecular weight excluding hydrogens is 511 g/mol. The summed E-state index contributed by atoms with van der Waals surface area (Å²) < 4.78 is 40.1. The average molecular weight is 535 g/mol. The van der Waals surface area contributed by atoms with Gasteiger partial charge < -0.3 is 9.64 Å². The monoisotopic (exact) mass is 534 g/mol. The Hall–Kier alpha value is -3.71. The molecule has 13 heteroatoms. The molecule has 0 amide bonds. The van der Waals surface area contributed by atoms with Crippen molar-refractivity contribution in [3.8, 4) is 0 Å². The van der Waals surface area contributed by atoms with Crippen LogP contribution < -0.4 is 4.90 Å². The van der Waals surface area contributed by atoms with Crippen molar-refractivity contribution in [1.82, 2.24) is 0 Å². The molecule has 0 aliphatic heterocycles. The second-order valence-electron chi connectivity index (χ2n) is 7.55. The number of aryl methyl sites for hydroxylation is 1.